The van der Waals surface area contributed by atoms with Crippen molar-refractivity contribution < 1.29 is 45.8 Å². The van der Waals surface area contributed by atoms with Crippen LogP contribution < -0.4 is 9.47 Å². The third-order valence-electron chi connectivity index (χ3n) is 4.85. The van der Waals surface area contributed by atoms with Crippen molar-refractivity contribution in [1.29, 1.82) is 0 Å². The van der Waals surface area contributed by atoms with Gasteiger partial charge in [0, 0.05) is 24.3 Å². The average Bonchev–Trinajstić information content (AvgIpc) is 3.43. The Hall–Kier alpha value is -3.98. The largest absolute Gasteiger partial charge is 0.497 e. The number of hydrogen-bond acceptors (Lipinski definition) is 10. The highest BCUT2D eigenvalue weighted by Gasteiger charge is 2.38. The average molecular weight is 571 g/mol. The van der Waals surface area contributed by atoms with Crippen molar-refractivity contribution in [3.63, 3.8) is 0 Å². The zero-order chi connectivity index (χ0) is 28.6. The van der Waals surface area contributed by atoms with Crippen LogP contribution in [0.5, 0.6) is 11.5 Å². The summed E-state index contributed by atoms with van der Waals surface area (Å²) in [5, 5.41) is 3.35. The van der Waals surface area contributed by atoms with Crippen LogP contribution in [0.3, 0.4) is 0 Å². The molecule has 0 radical (unpaired) electrons. The van der Waals surface area contributed by atoms with E-state index in [2.05, 4.69) is 29.4 Å². The minimum atomic E-state index is -4.79. The van der Waals surface area contributed by atoms with Crippen LogP contribution in [-0.4, -0.2) is 67.8 Å². The predicted octanol–water partition coefficient (Wildman–Crippen LogP) is 5.58. The number of aromatic nitrogens is 2. The van der Waals surface area contributed by atoms with E-state index in [9.17, 15) is 18.0 Å². The first-order valence-corrected chi connectivity index (χ1v) is 12.1. The van der Waals surface area contributed by atoms with Crippen molar-refractivity contribution in [1.82, 2.24) is 10.1 Å². The summed E-state index contributed by atoms with van der Waals surface area (Å²) in [6.07, 6.45) is -4.13. The molecule has 0 saturated carbocycles. The highest BCUT2D eigenvalue weighted by molar-refractivity contribution is 8.15. The van der Waals surface area contributed by atoms with E-state index in [0.29, 0.717) is 0 Å². The van der Waals surface area contributed by atoms with Gasteiger partial charge in [-0.15, -0.1) is 11.8 Å². The van der Waals surface area contributed by atoms with Crippen LogP contribution in [0, 0.1) is 5.82 Å². The highest BCUT2D eigenvalue weighted by atomic mass is 32.2. The van der Waals surface area contributed by atoms with Gasteiger partial charge in [-0.25, -0.2) is 14.2 Å². The molecular weight excluding hydrogens is 548 g/mol. The van der Waals surface area contributed by atoms with Gasteiger partial charge in [0.05, 0.1) is 26.5 Å². The fourth-order valence-corrected chi connectivity index (χ4v) is 3.53. The summed E-state index contributed by atoms with van der Waals surface area (Å²) < 4.78 is 78.7. The van der Waals surface area contributed by atoms with Gasteiger partial charge in [0.25, 0.3) is 0 Å². The summed E-state index contributed by atoms with van der Waals surface area (Å²) in [4.78, 5) is 23.6. The Morgan fingerprint density at radius 2 is 1.82 bits per heavy atom. The molecular formula is C24H22F4N4O6S. The van der Waals surface area contributed by atoms with Gasteiger partial charge in [0.2, 0.25) is 5.82 Å². The Labute approximate surface area is 224 Å². The number of nitrogens with zero attached hydrogens (tertiary/aromatic N) is 4. The standard InChI is InChI=1S/C24H22F4N4O6S/c1-34-9-10-37-17-12-15(35-2)11-16(18(17)25)19(21(39-4)31-23(33)36-3)29-14-7-5-13(6-8-14)20-30-22(38-32-20)24(26,27)28/h5-8,11-12H,9-10H2,1-4H3/b29-19+,31-21-. The SMILES string of the molecule is COCCOc1cc(OC)cc(C(=N\c2ccc(-c3noc(C(F)(F)F)n3)cc2)/C(=N/C(=O)OC)SC)c1F. The smallest absolute Gasteiger partial charge is 0.471 e. The molecule has 39 heavy (non-hydrogen) atoms. The maximum Gasteiger partial charge on any atom is 0.471 e. The fraction of sp³-hybridized carbons (Fsp3) is 0.292. The van der Waals surface area contributed by atoms with Gasteiger partial charge in [-0.2, -0.15) is 23.1 Å². The van der Waals surface area contributed by atoms with Gasteiger partial charge < -0.3 is 23.5 Å². The molecule has 3 rings (SSSR count). The quantitative estimate of drug-likeness (QED) is 0.141. The number of thioether (sulfide) groups is 1. The number of alkyl halides is 3. The lowest BCUT2D eigenvalue weighted by Gasteiger charge is -2.15. The second kappa shape index (κ2) is 13.2. The monoisotopic (exact) mass is 570 g/mol. The summed E-state index contributed by atoms with van der Waals surface area (Å²) in [6, 6.07) is 8.37. The molecule has 0 fully saturated rings. The number of ether oxygens (including phenoxy) is 4. The van der Waals surface area contributed by atoms with Crippen molar-refractivity contribution >= 4 is 34.3 Å². The maximum absolute atomic E-state index is 15.7. The molecule has 0 saturated heterocycles. The lowest BCUT2D eigenvalue weighted by Crippen LogP contribution is -2.17. The summed E-state index contributed by atoms with van der Waals surface area (Å²) in [7, 11) is 3.98. The molecule has 10 nitrogen and oxygen atoms in total. The molecule has 0 N–H and O–H groups in total. The molecule has 0 aliphatic rings. The van der Waals surface area contributed by atoms with Crippen LogP contribution in [0.4, 0.5) is 28.0 Å². The van der Waals surface area contributed by atoms with Gasteiger partial charge in [0.1, 0.15) is 23.1 Å². The van der Waals surface area contributed by atoms with E-state index in [1.807, 2.05) is 0 Å². The Kier molecular flexibility index (Phi) is 10.0. The number of methoxy groups -OCH3 is 3. The maximum atomic E-state index is 15.7. The zero-order valence-electron chi connectivity index (χ0n) is 21.0. The van der Waals surface area contributed by atoms with Gasteiger partial charge in [-0.3, -0.25) is 0 Å². The van der Waals surface area contributed by atoms with Crippen molar-refractivity contribution in [3.05, 3.63) is 53.7 Å². The molecule has 0 atom stereocenters. The van der Waals surface area contributed by atoms with Crippen molar-refractivity contribution in [2.75, 3.05) is 40.8 Å². The minimum Gasteiger partial charge on any atom is -0.497 e. The lowest BCUT2D eigenvalue weighted by atomic mass is 10.1. The molecule has 3 aromatic rings. The van der Waals surface area contributed by atoms with Crippen LogP contribution in [-0.2, 0) is 15.7 Å². The number of carbonyl (C=O) groups is 1. The van der Waals surface area contributed by atoms with Crippen LogP contribution in [0.25, 0.3) is 11.4 Å². The number of rotatable bonds is 9. The van der Waals surface area contributed by atoms with Gasteiger partial charge in [0.15, 0.2) is 11.6 Å². The third-order valence-corrected chi connectivity index (χ3v) is 5.52. The topological polar surface area (TPSA) is 118 Å². The zero-order valence-corrected chi connectivity index (χ0v) is 21.9. The predicted molar refractivity (Wildman–Crippen MR) is 135 cm³/mol. The first kappa shape index (κ1) is 29.6. The molecule has 0 aliphatic heterocycles. The lowest BCUT2D eigenvalue weighted by molar-refractivity contribution is -0.159. The number of aliphatic imine (C=N–C) groups is 2. The number of hydrogen-bond donors (Lipinski definition) is 0. The number of carbonyl (C=O) groups excluding carboxylic acids is 1. The van der Waals surface area contributed by atoms with Crippen LogP contribution in [0.1, 0.15) is 11.5 Å². The second-order valence-corrected chi connectivity index (χ2v) is 8.14. The fourth-order valence-electron chi connectivity index (χ4n) is 3.02. The van der Waals surface area contributed by atoms with E-state index < -0.39 is 24.0 Å². The van der Waals surface area contributed by atoms with Crippen molar-refractivity contribution in [3.8, 4) is 22.9 Å². The molecule has 2 aromatic carbocycles. The van der Waals surface area contributed by atoms with E-state index in [1.54, 1.807) is 6.26 Å². The molecule has 15 heteroatoms. The molecule has 0 aliphatic carbocycles. The molecule has 208 valence electrons. The molecule has 0 bridgehead atoms. The van der Waals surface area contributed by atoms with Crippen LogP contribution >= 0.6 is 11.8 Å². The Morgan fingerprint density at radius 1 is 1.10 bits per heavy atom. The normalized spacial score (nSPS) is 12.4. The van der Waals surface area contributed by atoms with Gasteiger partial charge in [-0.1, -0.05) is 5.16 Å². The number of benzene rings is 2. The van der Waals surface area contributed by atoms with E-state index in [1.165, 1.54) is 50.6 Å². The first-order chi connectivity index (χ1) is 18.6. The van der Waals surface area contributed by atoms with Gasteiger partial charge >= 0.3 is 18.2 Å². The van der Waals surface area contributed by atoms with Crippen LogP contribution in [0.2, 0.25) is 0 Å². The minimum absolute atomic E-state index is 0.00825. The summed E-state index contributed by atoms with van der Waals surface area (Å²) >= 11 is 1.00. The molecule has 1 heterocycles. The molecule has 1 amide bonds. The Balaban J connectivity index is 2.11. The molecule has 0 unspecified atom stereocenters. The van der Waals surface area contributed by atoms with Crippen molar-refractivity contribution in [2.45, 2.75) is 6.18 Å². The van der Waals surface area contributed by atoms with E-state index in [0.717, 1.165) is 18.9 Å². The van der Waals surface area contributed by atoms with Gasteiger partial charge in [-0.05, 0) is 36.6 Å². The summed E-state index contributed by atoms with van der Waals surface area (Å²) in [5.74, 6) is -2.49. The summed E-state index contributed by atoms with van der Waals surface area (Å²) in [5.41, 5.74) is 0.289. The second-order valence-electron chi connectivity index (χ2n) is 7.35. The Bertz CT molecular complexity index is 1360. The highest BCUT2D eigenvalue weighted by Crippen LogP contribution is 2.32. The molecule has 0 spiro atoms. The number of amides is 1. The number of halogens is 4. The first-order valence-electron chi connectivity index (χ1n) is 10.9. The van der Waals surface area contributed by atoms with Crippen molar-refractivity contribution in [2.24, 2.45) is 9.98 Å². The molecule has 1 aromatic heterocycles. The van der Waals surface area contributed by atoms with E-state index in [4.69, 9.17) is 14.2 Å². The van der Waals surface area contributed by atoms with Crippen LogP contribution in [0.15, 0.2) is 50.9 Å². The van der Waals surface area contributed by atoms with E-state index >= 15 is 4.39 Å². The van der Waals surface area contributed by atoms with E-state index in [-0.39, 0.29) is 58.1 Å². The Morgan fingerprint density at radius 3 is 2.38 bits per heavy atom. The summed E-state index contributed by atoms with van der Waals surface area (Å²) in [6.45, 7) is 0.246. The third kappa shape index (κ3) is 7.54.